The fraction of sp³-hybridized carbons (Fsp3) is 0.171. The van der Waals surface area contributed by atoms with Crippen molar-refractivity contribution in [3.63, 3.8) is 0 Å². The van der Waals surface area contributed by atoms with Crippen LogP contribution >= 0.6 is 0 Å². The second kappa shape index (κ2) is 12.4. The van der Waals surface area contributed by atoms with E-state index in [1.165, 1.54) is 5.56 Å². The summed E-state index contributed by atoms with van der Waals surface area (Å²) in [6.07, 6.45) is 0.855. The highest BCUT2D eigenvalue weighted by Gasteiger charge is 2.26. The zero-order valence-electron chi connectivity index (χ0n) is 26.2. The summed E-state index contributed by atoms with van der Waals surface area (Å²) in [6, 6.07) is 40.5. The number of ether oxygens (including phenoxy) is 1. The van der Waals surface area contributed by atoms with Crippen LogP contribution in [-0.4, -0.2) is 16.8 Å². The molecule has 224 valence electrons. The van der Waals surface area contributed by atoms with Gasteiger partial charge in [0.1, 0.15) is 18.6 Å². The number of rotatable bonds is 8. The minimum Gasteiger partial charge on any atom is -0.456 e. The smallest absolute Gasteiger partial charge is 0.355 e. The van der Waals surface area contributed by atoms with Crippen LogP contribution in [0.3, 0.4) is 0 Å². The van der Waals surface area contributed by atoms with Gasteiger partial charge in [-0.05, 0) is 63.4 Å². The predicted molar refractivity (Wildman–Crippen MR) is 183 cm³/mol. The first-order valence-electron chi connectivity index (χ1n) is 15.3. The molecule has 0 amide bonds. The van der Waals surface area contributed by atoms with Crippen molar-refractivity contribution in [3.05, 3.63) is 155 Å². The second-order valence-corrected chi connectivity index (χ2v) is 12.6. The van der Waals surface area contributed by atoms with Gasteiger partial charge in [0, 0.05) is 28.6 Å². The molecule has 4 nitrogen and oxygen atoms in total. The number of nitrogens with zero attached hydrogens (tertiary/aromatic N) is 1. The Morgan fingerprint density at radius 2 is 1.40 bits per heavy atom. The lowest BCUT2D eigenvalue weighted by Crippen LogP contribution is -2.15. The molecule has 6 rings (SSSR count). The summed E-state index contributed by atoms with van der Waals surface area (Å²) in [4.78, 5) is 25.4. The molecule has 0 bridgehead atoms. The van der Waals surface area contributed by atoms with Crippen LogP contribution in [0.15, 0.2) is 121 Å². The van der Waals surface area contributed by atoms with Gasteiger partial charge in [-0.3, -0.25) is 4.79 Å². The first kappa shape index (κ1) is 29.8. The van der Waals surface area contributed by atoms with E-state index in [2.05, 4.69) is 86.9 Å². The van der Waals surface area contributed by atoms with Gasteiger partial charge in [-0.1, -0.05) is 130 Å². The third-order valence-corrected chi connectivity index (χ3v) is 8.47. The fourth-order valence-electron chi connectivity index (χ4n) is 5.85. The van der Waals surface area contributed by atoms with Crippen molar-refractivity contribution in [1.29, 1.82) is 0 Å². The molecule has 4 heteroatoms. The number of aldehydes is 1. The van der Waals surface area contributed by atoms with Crippen LogP contribution < -0.4 is 0 Å². The number of carbonyl (C=O) groups excluding carboxylic acids is 2. The molecule has 0 spiro atoms. The number of hydrogen-bond donors (Lipinski definition) is 0. The highest BCUT2D eigenvalue weighted by atomic mass is 16.5. The first-order chi connectivity index (χ1) is 21.7. The zero-order chi connectivity index (χ0) is 31.6. The molecule has 6 aromatic rings. The van der Waals surface area contributed by atoms with Crippen LogP contribution in [0.25, 0.3) is 33.2 Å². The third-order valence-electron chi connectivity index (χ3n) is 8.47. The van der Waals surface area contributed by atoms with Crippen LogP contribution in [-0.2, 0) is 23.3 Å². The van der Waals surface area contributed by atoms with Crippen molar-refractivity contribution in [2.24, 2.45) is 0 Å². The first-order valence-corrected chi connectivity index (χ1v) is 15.3. The van der Waals surface area contributed by atoms with Crippen LogP contribution in [0.4, 0.5) is 0 Å². The molecule has 0 aliphatic carbocycles. The zero-order valence-corrected chi connectivity index (χ0v) is 26.2. The summed E-state index contributed by atoms with van der Waals surface area (Å²) >= 11 is 0. The van der Waals surface area contributed by atoms with Crippen LogP contribution in [0.5, 0.6) is 0 Å². The Kier molecular flexibility index (Phi) is 8.23. The molecule has 0 unspecified atom stereocenters. The maximum atomic E-state index is 14.2. The van der Waals surface area contributed by atoms with E-state index in [9.17, 15) is 9.59 Å². The van der Waals surface area contributed by atoms with E-state index in [1.54, 1.807) is 0 Å². The number of fused-ring (bicyclic) bond motifs is 1. The summed E-state index contributed by atoms with van der Waals surface area (Å²) in [5.41, 5.74) is 10.5. The molecule has 0 saturated heterocycles. The molecule has 5 aromatic carbocycles. The normalized spacial score (nSPS) is 11.5. The largest absolute Gasteiger partial charge is 0.456 e. The number of para-hydroxylation sites is 1. The fourth-order valence-corrected chi connectivity index (χ4v) is 5.85. The summed E-state index contributed by atoms with van der Waals surface area (Å²) in [6.45, 7) is 9.38. The molecule has 0 radical (unpaired) electrons. The minimum absolute atomic E-state index is 0.0140. The topological polar surface area (TPSA) is 48.3 Å². The lowest BCUT2D eigenvalue weighted by molar-refractivity contribution is 0.0462. The van der Waals surface area contributed by atoms with Crippen molar-refractivity contribution in [2.45, 2.75) is 46.3 Å². The van der Waals surface area contributed by atoms with Crippen molar-refractivity contribution in [3.8, 4) is 22.3 Å². The number of esters is 1. The minimum atomic E-state index is -0.358. The van der Waals surface area contributed by atoms with Crippen molar-refractivity contribution in [2.75, 3.05) is 0 Å². The number of benzene rings is 5. The van der Waals surface area contributed by atoms with E-state index in [0.29, 0.717) is 17.8 Å². The van der Waals surface area contributed by atoms with Gasteiger partial charge in [0.25, 0.3) is 0 Å². The van der Waals surface area contributed by atoms with E-state index in [0.717, 1.165) is 56.1 Å². The Morgan fingerprint density at radius 3 is 2.09 bits per heavy atom. The molecule has 45 heavy (non-hydrogen) atoms. The van der Waals surface area contributed by atoms with Crippen molar-refractivity contribution in [1.82, 2.24) is 4.57 Å². The molecule has 1 heterocycles. The van der Waals surface area contributed by atoms with Crippen LogP contribution in [0.1, 0.15) is 63.9 Å². The Morgan fingerprint density at radius 1 is 0.756 bits per heavy atom. The monoisotopic (exact) mass is 591 g/mol. The molecule has 0 aliphatic heterocycles. The molecule has 0 saturated carbocycles. The lowest BCUT2D eigenvalue weighted by atomic mass is 9.86. The summed E-state index contributed by atoms with van der Waals surface area (Å²) in [5, 5.41) is 1.01. The Labute approximate surface area is 264 Å². The molecule has 0 aliphatic rings. The Hall–Kier alpha value is -5.22. The standard InChI is InChI=1S/C41H37NO3/c1-28-14-17-33(31-18-15-29(26-43)16-19-31)24-34(28)25-42-37-13-9-8-12-36(37)38(32-20-22-35(23-21-32)41(2,3)4)39(42)40(44)45-27-30-10-6-5-7-11-30/h5-24,26H,25,27H2,1-4H3. The average molecular weight is 592 g/mol. The van der Waals surface area contributed by atoms with Gasteiger partial charge in [0.05, 0.1) is 0 Å². The van der Waals surface area contributed by atoms with Crippen LogP contribution in [0, 0.1) is 6.92 Å². The van der Waals surface area contributed by atoms with Gasteiger partial charge in [-0.25, -0.2) is 4.79 Å². The Balaban J connectivity index is 1.49. The van der Waals surface area contributed by atoms with E-state index >= 15 is 0 Å². The maximum absolute atomic E-state index is 14.2. The average Bonchev–Trinajstić information content (AvgIpc) is 3.39. The molecular formula is C41H37NO3. The number of carbonyl (C=O) groups is 2. The van der Waals surface area contributed by atoms with Crippen molar-refractivity contribution < 1.29 is 14.3 Å². The van der Waals surface area contributed by atoms with Crippen molar-refractivity contribution >= 4 is 23.2 Å². The summed E-state index contributed by atoms with van der Waals surface area (Å²) < 4.78 is 8.13. The molecule has 0 atom stereocenters. The predicted octanol–water partition coefficient (Wildman–Crippen LogP) is 9.80. The quantitative estimate of drug-likeness (QED) is 0.131. The molecule has 0 N–H and O–H groups in total. The summed E-state index contributed by atoms with van der Waals surface area (Å²) in [7, 11) is 0. The molecule has 0 fully saturated rings. The number of hydrogen-bond acceptors (Lipinski definition) is 3. The van der Waals surface area contributed by atoms with Gasteiger partial charge in [-0.2, -0.15) is 0 Å². The van der Waals surface area contributed by atoms with Gasteiger partial charge >= 0.3 is 5.97 Å². The van der Waals surface area contributed by atoms with E-state index in [1.807, 2.05) is 66.7 Å². The third kappa shape index (κ3) is 6.23. The molecular weight excluding hydrogens is 554 g/mol. The van der Waals surface area contributed by atoms with E-state index < -0.39 is 0 Å². The maximum Gasteiger partial charge on any atom is 0.355 e. The Bertz CT molecular complexity index is 1980. The highest BCUT2D eigenvalue weighted by Crippen LogP contribution is 2.38. The van der Waals surface area contributed by atoms with Gasteiger partial charge in [-0.15, -0.1) is 0 Å². The summed E-state index contributed by atoms with van der Waals surface area (Å²) in [5.74, 6) is -0.358. The van der Waals surface area contributed by atoms with E-state index in [4.69, 9.17) is 4.74 Å². The second-order valence-electron chi connectivity index (χ2n) is 12.6. The van der Waals surface area contributed by atoms with Crippen LogP contribution in [0.2, 0.25) is 0 Å². The number of aromatic nitrogens is 1. The van der Waals surface area contributed by atoms with Gasteiger partial charge in [0.15, 0.2) is 0 Å². The number of aryl methyl sites for hydroxylation is 1. The molecule has 1 aromatic heterocycles. The van der Waals surface area contributed by atoms with Gasteiger partial charge < -0.3 is 9.30 Å². The lowest BCUT2D eigenvalue weighted by Gasteiger charge is -2.19. The SMILES string of the molecule is Cc1ccc(-c2ccc(C=O)cc2)cc1Cn1c(C(=O)OCc2ccccc2)c(-c2ccc(C(C)(C)C)cc2)c2ccccc21. The van der Waals surface area contributed by atoms with Gasteiger partial charge in [0.2, 0.25) is 0 Å². The highest BCUT2D eigenvalue weighted by molar-refractivity contribution is 6.08. The van der Waals surface area contributed by atoms with E-state index in [-0.39, 0.29) is 18.0 Å².